The number of amides is 1. The number of aromatic nitrogens is 1. The van der Waals surface area contributed by atoms with Gasteiger partial charge in [0, 0.05) is 33.7 Å². The maximum absolute atomic E-state index is 12.8. The third-order valence-corrected chi connectivity index (χ3v) is 7.94. The highest BCUT2D eigenvalue weighted by Gasteiger charge is 2.39. The molecule has 6 nitrogen and oxygen atoms in total. The molecule has 1 N–H and O–H groups in total. The number of hydrogen-bond acceptors (Lipinski definition) is 6. The molecule has 2 aromatic carbocycles. The SMILES string of the molecule is COc1ccc(NC(=O)Cn2c3c(sc2=O)[C@@H]2c4ccccc4OC[C@H]2CS3)cc1. The molecule has 2 atom stereocenters. The van der Waals surface area contributed by atoms with Crippen molar-refractivity contribution >= 4 is 34.7 Å². The first kappa shape index (κ1) is 19.3. The van der Waals surface area contributed by atoms with Crippen LogP contribution in [0.2, 0.25) is 0 Å². The lowest BCUT2D eigenvalue weighted by Crippen LogP contribution is -2.31. The summed E-state index contributed by atoms with van der Waals surface area (Å²) in [5.41, 5.74) is 1.80. The average Bonchev–Trinajstić information content (AvgIpc) is 3.09. The first-order chi connectivity index (χ1) is 14.6. The van der Waals surface area contributed by atoms with E-state index in [1.165, 1.54) is 11.3 Å². The van der Waals surface area contributed by atoms with Gasteiger partial charge in [0.15, 0.2) is 0 Å². The summed E-state index contributed by atoms with van der Waals surface area (Å²) in [6.07, 6.45) is 0. The fourth-order valence-electron chi connectivity index (χ4n) is 4.01. The van der Waals surface area contributed by atoms with Crippen LogP contribution in [0.5, 0.6) is 11.5 Å². The maximum atomic E-state index is 12.8. The van der Waals surface area contributed by atoms with E-state index in [0.717, 1.165) is 32.7 Å². The molecule has 154 valence electrons. The summed E-state index contributed by atoms with van der Waals surface area (Å²) in [6.45, 7) is 0.650. The van der Waals surface area contributed by atoms with Crippen LogP contribution in [0.1, 0.15) is 16.4 Å². The molecule has 30 heavy (non-hydrogen) atoms. The molecule has 0 fully saturated rings. The van der Waals surface area contributed by atoms with Gasteiger partial charge in [-0.15, -0.1) is 11.8 Å². The molecule has 1 aromatic heterocycles. The zero-order valence-corrected chi connectivity index (χ0v) is 17.9. The van der Waals surface area contributed by atoms with Crippen molar-refractivity contribution in [3.63, 3.8) is 0 Å². The van der Waals surface area contributed by atoms with Gasteiger partial charge >= 0.3 is 4.87 Å². The predicted molar refractivity (Wildman–Crippen MR) is 118 cm³/mol. The number of carbonyl (C=O) groups is 1. The molecule has 0 aliphatic carbocycles. The summed E-state index contributed by atoms with van der Waals surface area (Å²) in [5, 5.41) is 3.77. The van der Waals surface area contributed by atoms with Crippen LogP contribution < -0.4 is 19.7 Å². The van der Waals surface area contributed by atoms with Gasteiger partial charge in [-0.3, -0.25) is 14.2 Å². The van der Waals surface area contributed by atoms with Gasteiger partial charge in [0.2, 0.25) is 5.91 Å². The molecule has 0 spiro atoms. The molecule has 0 saturated heterocycles. The van der Waals surface area contributed by atoms with Crippen LogP contribution in [-0.4, -0.2) is 29.9 Å². The zero-order chi connectivity index (χ0) is 20.7. The molecule has 0 unspecified atom stereocenters. The number of carbonyl (C=O) groups excluding carboxylic acids is 1. The number of para-hydroxylation sites is 1. The summed E-state index contributed by atoms with van der Waals surface area (Å²) in [5.74, 6) is 2.73. The van der Waals surface area contributed by atoms with Crippen LogP contribution in [0.25, 0.3) is 0 Å². The number of thioether (sulfide) groups is 1. The van der Waals surface area contributed by atoms with E-state index >= 15 is 0 Å². The van der Waals surface area contributed by atoms with Crippen LogP contribution in [0.3, 0.4) is 0 Å². The maximum Gasteiger partial charge on any atom is 0.308 e. The fourth-order valence-corrected chi connectivity index (χ4v) is 6.70. The highest BCUT2D eigenvalue weighted by Crippen LogP contribution is 2.50. The summed E-state index contributed by atoms with van der Waals surface area (Å²) in [7, 11) is 1.60. The monoisotopic (exact) mass is 440 g/mol. The number of ether oxygens (including phenoxy) is 2. The predicted octanol–water partition coefficient (Wildman–Crippen LogP) is 3.80. The van der Waals surface area contributed by atoms with Crippen molar-refractivity contribution in [2.75, 3.05) is 24.8 Å². The van der Waals surface area contributed by atoms with Crippen molar-refractivity contribution in [2.24, 2.45) is 5.92 Å². The number of methoxy groups -OCH3 is 1. The van der Waals surface area contributed by atoms with Gasteiger partial charge in [0.05, 0.1) is 18.7 Å². The minimum absolute atomic E-state index is 0.000765. The van der Waals surface area contributed by atoms with Crippen molar-refractivity contribution in [2.45, 2.75) is 17.5 Å². The van der Waals surface area contributed by atoms with Gasteiger partial charge in [0.1, 0.15) is 18.0 Å². The normalized spacial score (nSPS) is 19.1. The number of nitrogens with zero attached hydrogens (tertiary/aromatic N) is 1. The Balaban J connectivity index is 1.42. The van der Waals surface area contributed by atoms with E-state index in [1.54, 1.807) is 47.7 Å². The second-order valence-corrected chi connectivity index (χ2v) is 9.30. The summed E-state index contributed by atoms with van der Waals surface area (Å²) >= 11 is 2.90. The molecule has 3 heterocycles. The van der Waals surface area contributed by atoms with E-state index in [4.69, 9.17) is 9.47 Å². The van der Waals surface area contributed by atoms with Gasteiger partial charge in [-0.25, -0.2) is 0 Å². The quantitative estimate of drug-likeness (QED) is 0.668. The van der Waals surface area contributed by atoms with Crippen LogP contribution in [0, 0.1) is 5.92 Å². The van der Waals surface area contributed by atoms with Crippen LogP contribution >= 0.6 is 23.1 Å². The summed E-state index contributed by atoms with van der Waals surface area (Å²) < 4.78 is 12.7. The van der Waals surface area contributed by atoms with Gasteiger partial charge in [-0.2, -0.15) is 0 Å². The topological polar surface area (TPSA) is 69.6 Å². The van der Waals surface area contributed by atoms with Gasteiger partial charge < -0.3 is 14.8 Å². The Hall–Kier alpha value is -2.71. The lowest BCUT2D eigenvalue weighted by atomic mass is 9.84. The average molecular weight is 441 g/mol. The van der Waals surface area contributed by atoms with Crippen molar-refractivity contribution in [1.82, 2.24) is 4.57 Å². The molecule has 8 heteroatoms. The van der Waals surface area contributed by atoms with E-state index in [9.17, 15) is 9.59 Å². The third-order valence-electron chi connectivity index (χ3n) is 5.44. The fraction of sp³-hybridized carbons (Fsp3) is 0.273. The van der Waals surface area contributed by atoms with E-state index in [1.807, 2.05) is 18.2 Å². The number of anilines is 1. The largest absolute Gasteiger partial charge is 0.497 e. The lowest BCUT2D eigenvalue weighted by Gasteiger charge is -2.36. The van der Waals surface area contributed by atoms with Gasteiger partial charge in [-0.1, -0.05) is 29.5 Å². The van der Waals surface area contributed by atoms with E-state index in [2.05, 4.69) is 11.4 Å². The highest BCUT2D eigenvalue weighted by molar-refractivity contribution is 7.99. The van der Waals surface area contributed by atoms with Crippen LogP contribution in [0.4, 0.5) is 5.69 Å². The molecule has 0 saturated carbocycles. The second kappa shape index (κ2) is 7.85. The van der Waals surface area contributed by atoms with Crippen LogP contribution in [-0.2, 0) is 11.3 Å². The Morgan fingerprint density at radius 3 is 2.83 bits per heavy atom. The van der Waals surface area contributed by atoms with Crippen molar-refractivity contribution in [1.29, 1.82) is 0 Å². The Labute approximate surface area is 181 Å². The molecule has 3 aromatic rings. The molecule has 2 aliphatic heterocycles. The number of hydrogen-bond donors (Lipinski definition) is 1. The smallest absolute Gasteiger partial charge is 0.308 e. The highest BCUT2D eigenvalue weighted by atomic mass is 32.2. The Kier molecular flexibility index (Phi) is 5.04. The Morgan fingerprint density at radius 2 is 2.03 bits per heavy atom. The Morgan fingerprint density at radius 1 is 1.23 bits per heavy atom. The minimum Gasteiger partial charge on any atom is -0.497 e. The van der Waals surface area contributed by atoms with Crippen molar-refractivity contribution < 1.29 is 14.3 Å². The zero-order valence-electron chi connectivity index (χ0n) is 16.3. The minimum atomic E-state index is -0.224. The van der Waals surface area contributed by atoms with E-state index in [-0.39, 0.29) is 23.2 Å². The van der Waals surface area contributed by atoms with E-state index in [0.29, 0.717) is 18.2 Å². The number of benzene rings is 2. The molecule has 0 bridgehead atoms. The Bertz CT molecular complexity index is 1150. The standard InChI is InChI=1S/C22H20N2O4S2/c1-27-15-8-6-14(7-9-15)23-18(25)10-24-21-20(30-22(24)26)19-13(12-29-21)11-28-17-5-3-2-4-16(17)19/h2-9,13,19H,10-12H2,1H3,(H,23,25)/t13-,19-/m0/s1. The number of nitrogens with one attached hydrogen (secondary N) is 1. The third kappa shape index (κ3) is 3.40. The molecule has 0 radical (unpaired) electrons. The molecular weight excluding hydrogens is 420 g/mol. The number of rotatable bonds is 4. The van der Waals surface area contributed by atoms with Gasteiger partial charge in [-0.05, 0) is 30.3 Å². The van der Waals surface area contributed by atoms with Gasteiger partial charge in [0.25, 0.3) is 0 Å². The molecule has 5 rings (SSSR count). The van der Waals surface area contributed by atoms with Crippen LogP contribution in [0.15, 0.2) is 58.4 Å². The summed E-state index contributed by atoms with van der Waals surface area (Å²) in [6, 6.07) is 15.2. The number of thiazole rings is 1. The van der Waals surface area contributed by atoms with E-state index < -0.39 is 0 Å². The molecular formula is C22H20N2O4S2. The lowest BCUT2D eigenvalue weighted by molar-refractivity contribution is -0.116. The summed E-state index contributed by atoms with van der Waals surface area (Å²) in [4.78, 5) is 26.4. The molecule has 1 amide bonds. The number of fused-ring (bicyclic) bond motifs is 5. The first-order valence-corrected chi connectivity index (χ1v) is 11.5. The first-order valence-electron chi connectivity index (χ1n) is 9.66. The second-order valence-electron chi connectivity index (χ2n) is 7.30. The molecule has 2 aliphatic rings. The van der Waals surface area contributed by atoms with Crippen molar-refractivity contribution in [3.05, 3.63) is 68.6 Å². The van der Waals surface area contributed by atoms with Crippen molar-refractivity contribution in [3.8, 4) is 11.5 Å².